The molecule has 278 valence electrons. The molecule has 4 nitrogen and oxygen atoms in total. The maximum Gasteiger partial charge on any atom is 0.159 e. The average molecular weight is 766 g/mol. The Morgan fingerprint density at radius 3 is 2.29 bits per heavy atom. The zero-order chi connectivity index (χ0) is 38.3. The molecule has 5 heteroatoms. The minimum absolute atomic E-state index is 0.0620. The Balaban J connectivity index is 0.954. The van der Waals surface area contributed by atoms with Crippen LogP contribution in [-0.4, -0.2) is 24.3 Å². The lowest BCUT2D eigenvalue weighted by atomic mass is 9.86. The summed E-state index contributed by atoms with van der Waals surface area (Å²) in [6.07, 6.45) is 9.55. The van der Waals surface area contributed by atoms with Crippen LogP contribution in [0.1, 0.15) is 34.2 Å². The number of hydrogen-bond donors (Lipinski definition) is 1. The smallest absolute Gasteiger partial charge is 0.159 e. The van der Waals surface area contributed by atoms with Gasteiger partial charge in [0.2, 0.25) is 0 Å². The molecule has 0 bridgehead atoms. The number of nitrogens with one attached hydrogen (secondary N) is 1. The van der Waals surface area contributed by atoms with Crippen LogP contribution in [-0.2, 0) is 0 Å². The second kappa shape index (κ2) is 13.2. The molecule has 3 aliphatic rings. The summed E-state index contributed by atoms with van der Waals surface area (Å²) in [6, 6.07) is 59.5. The zero-order valence-electron chi connectivity index (χ0n) is 31.9. The standard InChI is InChI=1S/C53H39N3OS/c1-55-47(33-13-3-2-4-14-33)32-45(37-26-28-43-42-19-7-10-24-50(42)58-51(43)31-37)54-53(55)56-46-22-8-5-17-39(46)40-27-25-35(30-48(40)56)34-15-11-16-36(29-34)38-20-12-21-44-41-18-6-9-23-49(41)57-52(38)44/h2-32,40,47-48,53-54H,1H3. The lowest BCUT2D eigenvalue weighted by Gasteiger charge is -2.47. The van der Waals surface area contributed by atoms with Crippen LogP contribution in [0, 0.1) is 0 Å². The first-order chi connectivity index (χ1) is 28.7. The van der Waals surface area contributed by atoms with E-state index in [4.69, 9.17) is 4.42 Å². The molecule has 4 atom stereocenters. The Bertz CT molecular complexity index is 3170. The normalized spacial score (nSPS) is 20.3. The molecule has 1 aliphatic carbocycles. The van der Waals surface area contributed by atoms with Gasteiger partial charge in [0.1, 0.15) is 11.2 Å². The van der Waals surface area contributed by atoms with Crippen LogP contribution < -0.4 is 10.2 Å². The number of anilines is 1. The lowest BCUT2D eigenvalue weighted by molar-refractivity contribution is 0.165. The second-order valence-corrected chi connectivity index (χ2v) is 16.8. The van der Waals surface area contributed by atoms with Crippen LogP contribution in [0.5, 0.6) is 0 Å². The van der Waals surface area contributed by atoms with E-state index in [2.05, 4.69) is 204 Å². The van der Waals surface area contributed by atoms with Gasteiger partial charge >= 0.3 is 0 Å². The fraction of sp³-hybridized carbons (Fsp3) is 0.0943. The van der Waals surface area contributed by atoms with E-state index in [1.807, 2.05) is 17.4 Å². The first-order valence-corrected chi connectivity index (χ1v) is 20.9. The van der Waals surface area contributed by atoms with Crippen LogP contribution in [0.3, 0.4) is 0 Å². The molecular weight excluding hydrogens is 727 g/mol. The predicted molar refractivity (Wildman–Crippen MR) is 243 cm³/mol. The van der Waals surface area contributed by atoms with Crippen molar-refractivity contribution in [2.45, 2.75) is 24.3 Å². The van der Waals surface area contributed by atoms with E-state index in [0.717, 1.165) is 38.8 Å². The highest BCUT2D eigenvalue weighted by molar-refractivity contribution is 7.25. The molecule has 1 N–H and O–H groups in total. The SMILES string of the molecule is CN1C(c2ccccc2)C=C(c2ccc3c(c2)sc2ccccc23)NC1N1c2ccccc2C2C=CC(c3cccc(-c4cccc5c4oc4ccccc45)c3)=CC21. The van der Waals surface area contributed by atoms with Gasteiger partial charge in [0.05, 0.1) is 12.1 Å². The van der Waals surface area contributed by atoms with Crippen LogP contribution in [0.2, 0.25) is 0 Å². The van der Waals surface area contributed by atoms with E-state index in [9.17, 15) is 0 Å². The Morgan fingerprint density at radius 1 is 0.603 bits per heavy atom. The third-order valence-electron chi connectivity index (χ3n) is 12.5. The third-order valence-corrected chi connectivity index (χ3v) is 13.7. The number of furan rings is 1. The Labute approximate surface area is 341 Å². The first kappa shape index (κ1) is 33.5. The molecular formula is C53H39N3OS. The minimum Gasteiger partial charge on any atom is -0.455 e. The van der Waals surface area contributed by atoms with Crippen molar-refractivity contribution >= 4 is 70.4 Å². The van der Waals surface area contributed by atoms with E-state index in [1.54, 1.807) is 0 Å². The number of para-hydroxylation sites is 3. The molecule has 0 amide bonds. The highest BCUT2D eigenvalue weighted by Crippen LogP contribution is 2.49. The van der Waals surface area contributed by atoms with Crippen molar-refractivity contribution < 1.29 is 4.42 Å². The lowest BCUT2D eigenvalue weighted by Crippen LogP contribution is -2.60. The number of allylic oxidation sites excluding steroid dienone is 2. The number of benzene rings is 7. The maximum atomic E-state index is 6.47. The van der Waals surface area contributed by atoms with Crippen LogP contribution in [0.15, 0.2) is 193 Å². The fourth-order valence-electron chi connectivity index (χ4n) is 9.74. The first-order valence-electron chi connectivity index (χ1n) is 20.1. The molecule has 0 radical (unpaired) electrons. The van der Waals surface area contributed by atoms with E-state index < -0.39 is 0 Å². The molecule has 7 aromatic carbocycles. The Kier molecular flexibility index (Phi) is 7.62. The molecule has 0 saturated heterocycles. The summed E-state index contributed by atoms with van der Waals surface area (Å²) in [7, 11) is 2.26. The fourth-order valence-corrected chi connectivity index (χ4v) is 10.9. The van der Waals surface area contributed by atoms with Crippen molar-refractivity contribution in [3.05, 3.63) is 210 Å². The van der Waals surface area contributed by atoms with Gasteiger partial charge in [-0.15, -0.1) is 11.3 Å². The van der Waals surface area contributed by atoms with Gasteiger partial charge in [-0.3, -0.25) is 4.90 Å². The maximum absolute atomic E-state index is 6.47. The molecule has 0 spiro atoms. The molecule has 4 unspecified atom stereocenters. The largest absolute Gasteiger partial charge is 0.455 e. The highest BCUT2D eigenvalue weighted by Gasteiger charge is 2.44. The van der Waals surface area contributed by atoms with Gasteiger partial charge in [0.25, 0.3) is 0 Å². The number of likely N-dealkylation sites (N-methyl/N-ethyl adjacent to an activating group) is 1. The monoisotopic (exact) mass is 765 g/mol. The van der Waals surface area contributed by atoms with Gasteiger partial charge in [0, 0.05) is 53.8 Å². The van der Waals surface area contributed by atoms with Crippen molar-refractivity contribution in [1.82, 2.24) is 10.2 Å². The summed E-state index contributed by atoms with van der Waals surface area (Å²) in [4.78, 5) is 5.12. The summed E-state index contributed by atoms with van der Waals surface area (Å²) in [5.41, 5.74) is 12.8. The van der Waals surface area contributed by atoms with Crippen molar-refractivity contribution in [2.75, 3.05) is 11.9 Å². The molecule has 12 rings (SSSR count). The molecule has 4 heterocycles. The van der Waals surface area contributed by atoms with Crippen LogP contribution in [0.25, 0.3) is 64.5 Å². The summed E-state index contributed by atoms with van der Waals surface area (Å²) in [5.74, 6) is 0.224. The molecule has 0 fully saturated rings. The predicted octanol–water partition coefficient (Wildman–Crippen LogP) is 13.1. The number of thiophene rings is 1. The van der Waals surface area contributed by atoms with Gasteiger partial charge in [-0.1, -0.05) is 152 Å². The van der Waals surface area contributed by atoms with Gasteiger partial charge < -0.3 is 14.6 Å². The summed E-state index contributed by atoms with van der Waals surface area (Å²) in [6.45, 7) is 0. The highest BCUT2D eigenvalue weighted by atomic mass is 32.1. The van der Waals surface area contributed by atoms with E-state index in [1.165, 1.54) is 53.7 Å². The Hall–Kier alpha value is -6.66. The van der Waals surface area contributed by atoms with Crippen LogP contribution >= 0.6 is 11.3 Å². The number of rotatable bonds is 5. The van der Waals surface area contributed by atoms with Crippen molar-refractivity contribution in [3.8, 4) is 11.1 Å². The molecule has 2 aromatic heterocycles. The summed E-state index contributed by atoms with van der Waals surface area (Å²) >= 11 is 1.87. The van der Waals surface area contributed by atoms with Crippen molar-refractivity contribution in [2.24, 2.45) is 0 Å². The molecule has 2 aliphatic heterocycles. The Morgan fingerprint density at radius 2 is 1.36 bits per heavy atom. The van der Waals surface area contributed by atoms with Crippen molar-refractivity contribution in [3.63, 3.8) is 0 Å². The van der Waals surface area contributed by atoms with Crippen LogP contribution in [0.4, 0.5) is 5.69 Å². The summed E-state index contributed by atoms with van der Waals surface area (Å²) in [5, 5.41) is 9.03. The van der Waals surface area contributed by atoms with Gasteiger partial charge in [0.15, 0.2) is 6.29 Å². The number of fused-ring (bicyclic) bond motifs is 9. The number of nitrogens with zero attached hydrogens (tertiary/aromatic N) is 2. The second-order valence-electron chi connectivity index (χ2n) is 15.8. The number of hydrogen-bond acceptors (Lipinski definition) is 5. The molecule has 9 aromatic rings. The van der Waals surface area contributed by atoms with E-state index in [-0.39, 0.29) is 24.3 Å². The van der Waals surface area contributed by atoms with Gasteiger partial charge in [-0.25, -0.2) is 0 Å². The van der Waals surface area contributed by atoms with E-state index in [0.29, 0.717) is 0 Å². The zero-order valence-corrected chi connectivity index (χ0v) is 32.7. The van der Waals surface area contributed by atoms with E-state index >= 15 is 0 Å². The molecule has 0 saturated carbocycles. The molecule has 58 heavy (non-hydrogen) atoms. The average Bonchev–Trinajstić information content (AvgIpc) is 3.96. The van der Waals surface area contributed by atoms with Gasteiger partial charge in [-0.05, 0) is 76.8 Å². The van der Waals surface area contributed by atoms with Gasteiger partial charge in [-0.2, -0.15) is 0 Å². The topological polar surface area (TPSA) is 31.6 Å². The minimum atomic E-state index is -0.125. The quantitative estimate of drug-likeness (QED) is 0.189. The summed E-state index contributed by atoms with van der Waals surface area (Å²) < 4.78 is 9.11. The third kappa shape index (κ3) is 5.24. The van der Waals surface area contributed by atoms with Crippen molar-refractivity contribution in [1.29, 1.82) is 0 Å².